The molecule has 0 fully saturated rings. The summed E-state index contributed by atoms with van der Waals surface area (Å²) in [5.74, 6) is -0.538. The van der Waals surface area contributed by atoms with E-state index in [4.69, 9.17) is 5.14 Å². The van der Waals surface area contributed by atoms with Gasteiger partial charge in [0.15, 0.2) is 0 Å². The lowest BCUT2D eigenvalue weighted by Crippen LogP contribution is -2.37. The quantitative estimate of drug-likeness (QED) is 0.808. The highest BCUT2D eigenvalue weighted by Crippen LogP contribution is 2.30. The molecule has 2 aliphatic heterocycles. The maximum Gasteiger partial charge on any atom is 0.261 e. The van der Waals surface area contributed by atoms with Crippen LogP contribution in [0.2, 0.25) is 0 Å². The van der Waals surface area contributed by atoms with Crippen LogP contribution < -0.4 is 10.0 Å². The van der Waals surface area contributed by atoms with E-state index in [-0.39, 0.29) is 23.3 Å². The Morgan fingerprint density at radius 3 is 2.23 bits per heavy atom. The van der Waals surface area contributed by atoms with Crippen LogP contribution in [0.15, 0.2) is 47.4 Å². The van der Waals surface area contributed by atoms with Gasteiger partial charge in [-0.25, -0.2) is 13.6 Å². The number of nitrogens with zero attached hydrogens (tertiary/aromatic N) is 2. The Balaban J connectivity index is 1.50. The van der Waals surface area contributed by atoms with Gasteiger partial charge in [-0.1, -0.05) is 12.1 Å². The predicted molar refractivity (Wildman–Crippen MR) is 95.5 cm³/mol. The Labute approximate surface area is 151 Å². The van der Waals surface area contributed by atoms with Crippen LogP contribution in [0, 0.1) is 0 Å². The summed E-state index contributed by atoms with van der Waals surface area (Å²) >= 11 is 0. The number of hydrogen-bond donors (Lipinski definition) is 1. The molecule has 2 aromatic carbocycles. The fourth-order valence-corrected chi connectivity index (χ4v) is 4.08. The van der Waals surface area contributed by atoms with Crippen molar-refractivity contribution in [1.29, 1.82) is 0 Å². The Morgan fingerprint density at radius 1 is 0.962 bits per heavy atom. The maximum absolute atomic E-state index is 12.4. The minimum Gasteiger partial charge on any atom is -0.369 e. The zero-order valence-electron chi connectivity index (χ0n) is 13.9. The molecule has 134 valence electrons. The number of imide groups is 1. The van der Waals surface area contributed by atoms with Crippen LogP contribution in [0.4, 0.5) is 5.69 Å². The van der Waals surface area contributed by atoms with Crippen molar-refractivity contribution in [3.63, 3.8) is 0 Å². The van der Waals surface area contributed by atoms with E-state index < -0.39 is 10.0 Å². The third-order valence-electron chi connectivity index (χ3n) is 4.84. The maximum atomic E-state index is 12.4. The summed E-state index contributed by atoms with van der Waals surface area (Å²) in [6.45, 7) is 1.47. The van der Waals surface area contributed by atoms with E-state index in [9.17, 15) is 18.0 Å². The van der Waals surface area contributed by atoms with Gasteiger partial charge in [0.1, 0.15) is 0 Å². The fraction of sp³-hybridized carbons (Fsp3) is 0.222. The van der Waals surface area contributed by atoms with Crippen LogP contribution in [0.1, 0.15) is 26.3 Å². The molecule has 4 rings (SSSR count). The zero-order chi connectivity index (χ0) is 18.5. The molecule has 2 heterocycles. The normalized spacial score (nSPS) is 16.2. The molecule has 0 aromatic heterocycles. The average molecular weight is 371 g/mol. The molecule has 2 aromatic rings. The largest absolute Gasteiger partial charge is 0.369 e. The predicted octanol–water partition coefficient (Wildman–Crippen LogP) is 0.993. The van der Waals surface area contributed by atoms with Crippen molar-refractivity contribution in [1.82, 2.24) is 4.90 Å². The van der Waals surface area contributed by atoms with Gasteiger partial charge in [-0.3, -0.25) is 14.5 Å². The molecule has 0 spiro atoms. The number of nitrogens with two attached hydrogens (primary N) is 1. The van der Waals surface area contributed by atoms with E-state index in [1.807, 2.05) is 4.90 Å². The second-order valence-electron chi connectivity index (χ2n) is 6.38. The summed E-state index contributed by atoms with van der Waals surface area (Å²) in [5, 5.41) is 5.18. The number of fused-ring (bicyclic) bond motifs is 2. The minimum absolute atomic E-state index is 0.0958. The number of carbonyl (C=O) groups excluding carboxylic acids is 2. The Bertz CT molecular complexity index is 997. The second kappa shape index (κ2) is 5.93. The molecule has 7 nitrogen and oxygen atoms in total. The summed E-state index contributed by atoms with van der Waals surface area (Å²) in [6, 6.07) is 11.6. The summed E-state index contributed by atoms with van der Waals surface area (Å²) in [4.78, 5) is 28.2. The molecule has 26 heavy (non-hydrogen) atoms. The van der Waals surface area contributed by atoms with E-state index in [0.29, 0.717) is 30.6 Å². The van der Waals surface area contributed by atoms with Crippen LogP contribution >= 0.6 is 0 Å². The number of sulfonamides is 1. The van der Waals surface area contributed by atoms with E-state index >= 15 is 0 Å². The molecule has 2 amide bonds. The monoisotopic (exact) mass is 371 g/mol. The SMILES string of the molecule is NS(=O)(=O)c1ccc2c(c1)CCN2CCN1C(=O)c2ccccc2C1=O. The molecule has 0 unspecified atom stereocenters. The van der Waals surface area contributed by atoms with Gasteiger partial charge in [-0.05, 0) is 42.3 Å². The summed E-state index contributed by atoms with van der Waals surface area (Å²) < 4.78 is 23.0. The molecule has 2 N–H and O–H groups in total. The molecular formula is C18H17N3O4S. The van der Waals surface area contributed by atoms with Crippen molar-refractivity contribution in [2.45, 2.75) is 11.3 Å². The smallest absolute Gasteiger partial charge is 0.261 e. The van der Waals surface area contributed by atoms with Gasteiger partial charge in [0.05, 0.1) is 16.0 Å². The second-order valence-corrected chi connectivity index (χ2v) is 7.94. The summed E-state index contributed by atoms with van der Waals surface area (Å²) in [6.07, 6.45) is 0.695. The number of rotatable bonds is 4. The van der Waals surface area contributed by atoms with Crippen molar-refractivity contribution >= 4 is 27.5 Å². The number of amides is 2. The van der Waals surface area contributed by atoms with Crippen LogP contribution in [0.3, 0.4) is 0 Å². The average Bonchev–Trinajstić information content (AvgIpc) is 3.12. The zero-order valence-corrected chi connectivity index (χ0v) is 14.7. The van der Waals surface area contributed by atoms with Crippen LogP contribution in [-0.2, 0) is 16.4 Å². The van der Waals surface area contributed by atoms with E-state index in [2.05, 4.69) is 0 Å². The van der Waals surface area contributed by atoms with Crippen LogP contribution in [0.25, 0.3) is 0 Å². The van der Waals surface area contributed by atoms with E-state index in [1.165, 1.54) is 11.0 Å². The highest BCUT2D eigenvalue weighted by molar-refractivity contribution is 7.89. The molecular weight excluding hydrogens is 354 g/mol. The number of anilines is 1. The first-order valence-corrected chi connectivity index (χ1v) is 9.77. The Hall–Kier alpha value is -2.71. The highest BCUT2D eigenvalue weighted by Gasteiger charge is 2.35. The van der Waals surface area contributed by atoms with Crippen LogP contribution in [-0.4, -0.2) is 44.8 Å². The fourth-order valence-electron chi connectivity index (χ4n) is 3.52. The first kappa shape index (κ1) is 16.7. The van der Waals surface area contributed by atoms with E-state index in [0.717, 1.165) is 11.3 Å². The first-order chi connectivity index (χ1) is 12.4. The van der Waals surface area contributed by atoms with E-state index in [1.54, 1.807) is 36.4 Å². The molecule has 0 atom stereocenters. The van der Waals surface area contributed by atoms with Gasteiger partial charge in [0, 0.05) is 25.3 Å². The molecule has 0 radical (unpaired) electrons. The molecule has 2 aliphatic rings. The molecule has 8 heteroatoms. The van der Waals surface area contributed by atoms with Crippen molar-refractivity contribution in [3.05, 3.63) is 59.2 Å². The molecule has 0 saturated heterocycles. The minimum atomic E-state index is -3.73. The molecule has 0 aliphatic carbocycles. The third kappa shape index (κ3) is 2.67. The number of hydrogen-bond acceptors (Lipinski definition) is 5. The first-order valence-electron chi connectivity index (χ1n) is 8.22. The van der Waals surface area contributed by atoms with Crippen molar-refractivity contribution < 1.29 is 18.0 Å². The van der Waals surface area contributed by atoms with Crippen molar-refractivity contribution in [3.8, 4) is 0 Å². The summed E-state index contributed by atoms with van der Waals surface area (Å²) in [5.41, 5.74) is 2.70. The molecule has 0 bridgehead atoms. The van der Waals surface area contributed by atoms with Gasteiger partial charge in [0.2, 0.25) is 10.0 Å². The topological polar surface area (TPSA) is 101 Å². The third-order valence-corrected chi connectivity index (χ3v) is 5.75. The van der Waals surface area contributed by atoms with Gasteiger partial charge in [-0.15, -0.1) is 0 Å². The van der Waals surface area contributed by atoms with Gasteiger partial charge in [0.25, 0.3) is 11.8 Å². The van der Waals surface area contributed by atoms with Gasteiger partial charge in [-0.2, -0.15) is 0 Å². The Morgan fingerprint density at radius 2 is 1.62 bits per heavy atom. The lowest BCUT2D eigenvalue weighted by Gasteiger charge is -2.22. The van der Waals surface area contributed by atoms with Crippen LogP contribution in [0.5, 0.6) is 0 Å². The highest BCUT2D eigenvalue weighted by atomic mass is 32.2. The van der Waals surface area contributed by atoms with Crippen molar-refractivity contribution in [2.75, 3.05) is 24.5 Å². The number of benzene rings is 2. The lowest BCUT2D eigenvalue weighted by atomic mass is 10.1. The van der Waals surface area contributed by atoms with Gasteiger partial charge < -0.3 is 4.90 Å². The summed E-state index contributed by atoms with van der Waals surface area (Å²) in [7, 11) is -3.73. The lowest BCUT2D eigenvalue weighted by molar-refractivity contribution is 0.0658. The Kier molecular flexibility index (Phi) is 3.82. The standard InChI is InChI=1S/C18H17N3O4S/c19-26(24,25)13-5-6-16-12(11-13)7-8-20(16)9-10-21-17(22)14-3-1-2-4-15(14)18(21)23/h1-6,11H,7-10H2,(H2,19,24,25). The van der Waals surface area contributed by atoms with Gasteiger partial charge >= 0.3 is 0 Å². The van der Waals surface area contributed by atoms with Crippen molar-refractivity contribution in [2.24, 2.45) is 5.14 Å². The molecule has 0 saturated carbocycles. The number of carbonyl (C=O) groups is 2. The number of primary sulfonamides is 1.